The van der Waals surface area contributed by atoms with Gasteiger partial charge in [-0.05, 0) is 47.7 Å². The molecule has 10 nitrogen and oxygen atoms in total. The van der Waals surface area contributed by atoms with E-state index in [4.69, 9.17) is 39.1 Å². The van der Waals surface area contributed by atoms with Crippen LogP contribution in [0.15, 0.2) is 60.9 Å². The molecule has 1 unspecified atom stereocenters. The maximum Gasteiger partial charge on any atom is 0.333 e. The van der Waals surface area contributed by atoms with E-state index in [0.717, 1.165) is 11.1 Å². The highest BCUT2D eigenvalue weighted by Crippen LogP contribution is 2.39. The fourth-order valence-electron chi connectivity index (χ4n) is 4.83. The number of carbonyl (C=O) groups is 1. The number of aliphatic hydroxyl groups is 2. The van der Waals surface area contributed by atoms with E-state index in [1.807, 2.05) is 24.3 Å². The molecule has 0 amide bonds. The third kappa shape index (κ3) is 6.06. The number of aliphatic hydroxyl groups excluding tert-OH is 1. The molecule has 3 heterocycles. The maximum absolute atomic E-state index is 11.9. The Morgan fingerprint density at radius 2 is 1.90 bits per heavy atom. The number of nitrogens with zero attached hydrogens (tertiary/aromatic N) is 4. The SMILES string of the molecule is C#C[C@@]1(O)[C@@H](COC(Cc2ccccc2)C(=O)O)O[C@@H](n2cnc3c(CCc4cccc(Cl)c4)nc(Cl)nc32)[C@@H]1O. The van der Waals surface area contributed by atoms with Crippen molar-refractivity contribution in [3.05, 3.63) is 88.1 Å². The molecule has 0 bridgehead atoms. The lowest BCUT2D eigenvalue weighted by molar-refractivity contribution is -0.156. The average molecular weight is 597 g/mol. The molecule has 2 aromatic carbocycles. The van der Waals surface area contributed by atoms with E-state index < -0.39 is 42.7 Å². The summed E-state index contributed by atoms with van der Waals surface area (Å²) in [6.45, 7) is -0.398. The quantitative estimate of drug-likeness (QED) is 0.186. The molecule has 12 heteroatoms. The predicted molar refractivity (Wildman–Crippen MR) is 150 cm³/mol. The molecule has 0 spiro atoms. The summed E-state index contributed by atoms with van der Waals surface area (Å²) in [7, 11) is 0. The summed E-state index contributed by atoms with van der Waals surface area (Å²) < 4.78 is 13.0. The minimum Gasteiger partial charge on any atom is -0.479 e. The van der Waals surface area contributed by atoms with Gasteiger partial charge < -0.3 is 24.8 Å². The number of benzene rings is 2. The Balaban J connectivity index is 1.37. The number of rotatable bonds is 10. The minimum absolute atomic E-state index is 0.0369. The van der Waals surface area contributed by atoms with Gasteiger partial charge in [-0.15, -0.1) is 6.42 Å². The summed E-state index contributed by atoms with van der Waals surface area (Å²) in [4.78, 5) is 24.9. The Bertz CT molecular complexity index is 1590. The minimum atomic E-state index is -2.19. The van der Waals surface area contributed by atoms with Gasteiger partial charge in [-0.2, -0.15) is 4.98 Å². The Morgan fingerprint density at radius 3 is 2.61 bits per heavy atom. The first kappa shape index (κ1) is 29.0. The Morgan fingerprint density at radius 1 is 1.15 bits per heavy atom. The number of aliphatic carboxylic acids is 1. The van der Waals surface area contributed by atoms with Crippen molar-refractivity contribution < 1.29 is 29.6 Å². The Labute approximate surface area is 245 Å². The van der Waals surface area contributed by atoms with E-state index in [9.17, 15) is 20.1 Å². The van der Waals surface area contributed by atoms with E-state index in [1.165, 1.54) is 10.9 Å². The van der Waals surface area contributed by atoms with Crippen molar-refractivity contribution in [2.24, 2.45) is 0 Å². The lowest BCUT2D eigenvalue weighted by Gasteiger charge is -2.26. The number of fused-ring (bicyclic) bond motifs is 1. The van der Waals surface area contributed by atoms with Gasteiger partial charge in [0.25, 0.3) is 0 Å². The third-order valence-corrected chi connectivity index (χ3v) is 7.42. The summed E-state index contributed by atoms with van der Waals surface area (Å²) in [6, 6.07) is 16.4. The van der Waals surface area contributed by atoms with Gasteiger partial charge in [0.2, 0.25) is 5.28 Å². The van der Waals surface area contributed by atoms with E-state index in [1.54, 1.807) is 30.3 Å². The molecule has 1 fully saturated rings. The van der Waals surface area contributed by atoms with Gasteiger partial charge in [0.05, 0.1) is 18.6 Å². The van der Waals surface area contributed by atoms with Crippen LogP contribution in [-0.2, 0) is 33.5 Å². The number of carboxylic acids is 1. The monoisotopic (exact) mass is 596 g/mol. The van der Waals surface area contributed by atoms with E-state index >= 15 is 0 Å². The van der Waals surface area contributed by atoms with Crippen LogP contribution in [0.5, 0.6) is 0 Å². The average Bonchev–Trinajstić information content (AvgIpc) is 3.48. The third-order valence-electron chi connectivity index (χ3n) is 7.01. The van der Waals surface area contributed by atoms with Gasteiger partial charge in [-0.3, -0.25) is 4.57 Å². The van der Waals surface area contributed by atoms with E-state index in [-0.39, 0.29) is 17.4 Å². The van der Waals surface area contributed by atoms with Crippen molar-refractivity contribution in [2.75, 3.05) is 6.61 Å². The standard InChI is InChI=1S/C29H26Cl2N4O6/c1-2-29(39)22(15-40-21(27(37)38)14-17-7-4-3-5-8-17)41-26(24(29)36)35-16-32-23-20(33-28(31)34-25(23)35)12-11-18-9-6-10-19(30)13-18/h1,3-10,13,16,21-22,24,26,36,39H,11-12,14-15H2,(H,37,38)/t21?,22-,24+,26-,29-/m1/s1. The first-order valence-electron chi connectivity index (χ1n) is 12.7. The van der Waals surface area contributed by atoms with Crippen LogP contribution >= 0.6 is 23.2 Å². The molecule has 0 saturated carbocycles. The molecule has 5 atom stereocenters. The number of hydrogen-bond donors (Lipinski definition) is 3. The van der Waals surface area contributed by atoms with Gasteiger partial charge in [-0.25, -0.2) is 14.8 Å². The van der Waals surface area contributed by atoms with Crippen molar-refractivity contribution in [3.8, 4) is 12.3 Å². The van der Waals surface area contributed by atoms with Crippen molar-refractivity contribution >= 4 is 40.3 Å². The molecule has 3 N–H and O–H groups in total. The van der Waals surface area contributed by atoms with Crippen LogP contribution in [0.25, 0.3) is 11.2 Å². The highest BCUT2D eigenvalue weighted by atomic mass is 35.5. The highest BCUT2D eigenvalue weighted by molar-refractivity contribution is 6.30. The molecular formula is C29H26Cl2N4O6. The second-order valence-corrected chi connectivity index (χ2v) is 10.4. The normalized spacial score (nSPS) is 23.0. The van der Waals surface area contributed by atoms with Crippen LogP contribution in [0, 0.1) is 12.3 Å². The number of ether oxygens (including phenoxy) is 2. The summed E-state index contributed by atoms with van der Waals surface area (Å²) >= 11 is 12.4. The summed E-state index contributed by atoms with van der Waals surface area (Å²) in [6.07, 6.45) is 2.85. The Kier molecular flexibility index (Phi) is 8.56. The number of halogens is 2. The van der Waals surface area contributed by atoms with Crippen molar-refractivity contribution in [1.29, 1.82) is 0 Å². The predicted octanol–water partition coefficient (Wildman–Crippen LogP) is 3.25. The zero-order chi connectivity index (χ0) is 29.1. The molecule has 4 aromatic rings. The largest absolute Gasteiger partial charge is 0.479 e. The van der Waals surface area contributed by atoms with Crippen LogP contribution in [0.4, 0.5) is 0 Å². The smallest absolute Gasteiger partial charge is 0.333 e. The fourth-order valence-corrected chi connectivity index (χ4v) is 5.22. The van der Waals surface area contributed by atoms with Crippen molar-refractivity contribution in [3.63, 3.8) is 0 Å². The van der Waals surface area contributed by atoms with Gasteiger partial charge in [0, 0.05) is 11.4 Å². The molecular weight excluding hydrogens is 571 g/mol. The van der Waals surface area contributed by atoms with Crippen molar-refractivity contribution in [2.45, 2.75) is 49.4 Å². The molecule has 212 valence electrons. The van der Waals surface area contributed by atoms with Crippen LogP contribution in [0.2, 0.25) is 10.3 Å². The zero-order valence-electron chi connectivity index (χ0n) is 21.6. The second-order valence-electron chi connectivity index (χ2n) is 9.67. The number of terminal acetylenes is 1. The zero-order valence-corrected chi connectivity index (χ0v) is 23.1. The number of imidazole rings is 1. The number of aromatic nitrogens is 4. The lowest BCUT2D eigenvalue weighted by Crippen LogP contribution is -2.48. The molecule has 2 aromatic heterocycles. The molecule has 1 saturated heterocycles. The molecule has 41 heavy (non-hydrogen) atoms. The van der Waals surface area contributed by atoms with Gasteiger partial charge in [0.15, 0.2) is 23.6 Å². The van der Waals surface area contributed by atoms with Crippen LogP contribution in [0.3, 0.4) is 0 Å². The molecule has 0 radical (unpaired) electrons. The summed E-state index contributed by atoms with van der Waals surface area (Å²) in [5, 5.41) is 32.6. The lowest BCUT2D eigenvalue weighted by atomic mass is 9.93. The van der Waals surface area contributed by atoms with Gasteiger partial charge in [0.1, 0.15) is 17.7 Å². The highest BCUT2D eigenvalue weighted by Gasteiger charge is 2.56. The molecule has 1 aliphatic rings. The first-order chi connectivity index (χ1) is 19.7. The fraction of sp³-hybridized carbons (Fsp3) is 0.310. The van der Waals surface area contributed by atoms with Gasteiger partial charge >= 0.3 is 5.97 Å². The second kappa shape index (κ2) is 12.1. The molecule has 1 aliphatic heterocycles. The summed E-state index contributed by atoms with van der Waals surface area (Å²) in [5.41, 5.74) is 0.841. The number of carboxylic acid groups (broad SMARTS) is 1. The molecule has 0 aliphatic carbocycles. The van der Waals surface area contributed by atoms with Crippen LogP contribution < -0.4 is 0 Å². The number of hydrogen-bond acceptors (Lipinski definition) is 8. The topological polar surface area (TPSA) is 140 Å². The van der Waals surface area contributed by atoms with Gasteiger partial charge in [-0.1, -0.05) is 60.0 Å². The first-order valence-corrected chi connectivity index (χ1v) is 13.5. The number of aryl methyl sites for hydroxylation is 2. The Hall–Kier alpha value is -3.56. The van der Waals surface area contributed by atoms with Crippen LogP contribution in [-0.4, -0.2) is 71.3 Å². The summed E-state index contributed by atoms with van der Waals surface area (Å²) in [5.74, 6) is 1.01. The van der Waals surface area contributed by atoms with E-state index in [2.05, 4.69) is 20.9 Å². The molecule has 5 rings (SSSR count). The van der Waals surface area contributed by atoms with E-state index in [0.29, 0.717) is 29.1 Å². The van der Waals surface area contributed by atoms with Crippen molar-refractivity contribution in [1.82, 2.24) is 19.5 Å². The maximum atomic E-state index is 11.9. The van der Waals surface area contributed by atoms with Crippen LogP contribution in [0.1, 0.15) is 23.0 Å².